The highest BCUT2D eigenvalue weighted by Gasteiger charge is 2.57. The van der Waals surface area contributed by atoms with Gasteiger partial charge in [-0.15, -0.1) is 0 Å². The van der Waals surface area contributed by atoms with Crippen LogP contribution in [0.5, 0.6) is 0 Å². The van der Waals surface area contributed by atoms with Crippen LogP contribution in [0.2, 0.25) is 5.02 Å². The standard InChI is InChI=1S/C18H24ClN3O2/c1-2-8-20-16(23)18(6-7-18)17(24)22-11-9-21(10-12-22)15-5-3-4-14(19)13-15/h3-5,13H,2,6-12H2,1H3,(H,20,23). The molecule has 1 N–H and O–H groups in total. The van der Waals surface area contributed by atoms with Crippen molar-refractivity contribution in [3.63, 3.8) is 0 Å². The first kappa shape index (κ1) is 17.1. The van der Waals surface area contributed by atoms with Crippen LogP contribution in [-0.2, 0) is 9.59 Å². The van der Waals surface area contributed by atoms with Crippen molar-refractivity contribution in [2.24, 2.45) is 5.41 Å². The van der Waals surface area contributed by atoms with E-state index in [9.17, 15) is 9.59 Å². The number of piperazine rings is 1. The van der Waals surface area contributed by atoms with Crippen molar-refractivity contribution in [1.82, 2.24) is 10.2 Å². The van der Waals surface area contributed by atoms with Gasteiger partial charge in [0.1, 0.15) is 5.41 Å². The van der Waals surface area contributed by atoms with Crippen molar-refractivity contribution in [2.45, 2.75) is 26.2 Å². The predicted molar refractivity (Wildman–Crippen MR) is 95.2 cm³/mol. The molecule has 1 aliphatic heterocycles. The molecule has 5 nitrogen and oxygen atoms in total. The molecule has 1 saturated carbocycles. The molecule has 3 rings (SSSR count). The lowest BCUT2D eigenvalue weighted by atomic mass is 10.0. The van der Waals surface area contributed by atoms with Gasteiger partial charge in [-0.3, -0.25) is 9.59 Å². The Balaban J connectivity index is 1.58. The highest BCUT2D eigenvalue weighted by atomic mass is 35.5. The Kier molecular flexibility index (Phi) is 4.99. The Hall–Kier alpha value is -1.75. The predicted octanol–water partition coefficient (Wildman–Crippen LogP) is 2.30. The van der Waals surface area contributed by atoms with Crippen LogP contribution >= 0.6 is 11.6 Å². The minimum atomic E-state index is -0.784. The zero-order chi connectivity index (χ0) is 17.2. The van der Waals surface area contributed by atoms with Gasteiger partial charge in [-0.2, -0.15) is 0 Å². The Labute approximate surface area is 147 Å². The fourth-order valence-corrected chi connectivity index (χ4v) is 3.40. The molecule has 0 radical (unpaired) electrons. The molecule has 2 amide bonds. The molecular formula is C18H24ClN3O2. The third-order valence-electron chi connectivity index (χ3n) is 4.87. The summed E-state index contributed by atoms with van der Waals surface area (Å²) < 4.78 is 0. The molecule has 0 aromatic heterocycles. The van der Waals surface area contributed by atoms with Crippen molar-refractivity contribution in [2.75, 3.05) is 37.6 Å². The van der Waals surface area contributed by atoms with E-state index in [2.05, 4.69) is 10.2 Å². The van der Waals surface area contributed by atoms with Crippen LogP contribution in [0, 0.1) is 5.41 Å². The fourth-order valence-electron chi connectivity index (χ4n) is 3.21. The molecule has 1 aromatic rings. The second kappa shape index (κ2) is 7.01. The number of anilines is 1. The van der Waals surface area contributed by atoms with Gasteiger partial charge >= 0.3 is 0 Å². The van der Waals surface area contributed by atoms with E-state index in [1.54, 1.807) is 0 Å². The van der Waals surface area contributed by atoms with E-state index < -0.39 is 5.41 Å². The zero-order valence-corrected chi connectivity index (χ0v) is 14.8. The topological polar surface area (TPSA) is 52.7 Å². The summed E-state index contributed by atoms with van der Waals surface area (Å²) in [5.74, 6) is -0.0894. The molecule has 2 aliphatic rings. The SMILES string of the molecule is CCCNC(=O)C1(C(=O)N2CCN(c3cccc(Cl)c3)CC2)CC1. The van der Waals surface area contributed by atoms with Gasteiger partial charge in [0.05, 0.1) is 0 Å². The highest BCUT2D eigenvalue weighted by Crippen LogP contribution is 2.47. The number of amides is 2. The molecule has 1 aromatic carbocycles. The Morgan fingerprint density at radius 1 is 1.21 bits per heavy atom. The molecule has 1 aliphatic carbocycles. The lowest BCUT2D eigenvalue weighted by Gasteiger charge is -2.37. The molecule has 0 spiro atoms. The second-order valence-electron chi connectivity index (χ2n) is 6.60. The van der Waals surface area contributed by atoms with E-state index in [1.807, 2.05) is 36.1 Å². The van der Waals surface area contributed by atoms with Crippen molar-refractivity contribution in [1.29, 1.82) is 0 Å². The minimum Gasteiger partial charge on any atom is -0.368 e. The average Bonchev–Trinajstić information content (AvgIpc) is 3.41. The number of nitrogens with one attached hydrogen (secondary N) is 1. The Morgan fingerprint density at radius 2 is 1.92 bits per heavy atom. The summed E-state index contributed by atoms with van der Waals surface area (Å²) in [7, 11) is 0. The summed E-state index contributed by atoms with van der Waals surface area (Å²) in [6.07, 6.45) is 2.24. The van der Waals surface area contributed by atoms with Crippen LogP contribution in [-0.4, -0.2) is 49.4 Å². The van der Waals surface area contributed by atoms with Gasteiger partial charge in [-0.1, -0.05) is 24.6 Å². The van der Waals surface area contributed by atoms with Gasteiger partial charge in [0, 0.05) is 43.4 Å². The average molecular weight is 350 g/mol. The second-order valence-corrected chi connectivity index (χ2v) is 7.03. The van der Waals surface area contributed by atoms with Crippen LogP contribution in [0.15, 0.2) is 24.3 Å². The quantitative estimate of drug-likeness (QED) is 0.830. The molecular weight excluding hydrogens is 326 g/mol. The van der Waals surface area contributed by atoms with E-state index in [1.165, 1.54) is 0 Å². The first-order valence-corrected chi connectivity index (χ1v) is 9.03. The van der Waals surface area contributed by atoms with E-state index >= 15 is 0 Å². The van der Waals surface area contributed by atoms with Crippen molar-refractivity contribution in [3.05, 3.63) is 29.3 Å². The van der Waals surface area contributed by atoms with Crippen molar-refractivity contribution >= 4 is 29.1 Å². The maximum atomic E-state index is 12.8. The first-order chi connectivity index (χ1) is 11.6. The molecule has 1 saturated heterocycles. The largest absolute Gasteiger partial charge is 0.368 e. The number of carbonyl (C=O) groups excluding carboxylic acids is 2. The molecule has 1 heterocycles. The summed E-state index contributed by atoms with van der Waals surface area (Å²) in [6.45, 7) is 5.47. The van der Waals surface area contributed by atoms with Crippen molar-refractivity contribution in [3.8, 4) is 0 Å². The molecule has 0 bridgehead atoms. The zero-order valence-electron chi connectivity index (χ0n) is 14.1. The number of hydrogen-bond donors (Lipinski definition) is 1. The van der Waals surface area contributed by atoms with E-state index in [0.29, 0.717) is 32.5 Å². The molecule has 0 atom stereocenters. The summed E-state index contributed by atoms with van der Waals surface area (Å²) in [4.78, 5) is 29.2. The molecule has 0 unspecified atom stereocenters. The monoisotopic (exact) mass is 349 g/mol. The van der Waals surface area contributed by atoms with Crippen molar-refractivity contribution < 1.29 is 9.59 Å². The van der Waals surface area contributed by atoms with Crippen LogP contribution in [0.1, 0.15) is 26.2 Å². The smallest absolute Gasteiger partial charge is 0.238 e. The highest BCUT2D eigenvalue weighted by molar-refractivity contribution is 6.30. The van der Waals surface area contributed by atoms with Crippen LogP contribution in [0.3, 0.4) is 0 Å². The summed E-state index contributed by atoms with van der Waals surface area (Å²) >= 11 is 6.05. The van der Waals surface area contributed by atoms with Gasteiger partial charge in [0.25, 0.3) is 0 Å². The van der Waals surface area contributed by atoms with Gasteiger partial charge in [0.2, 0.25) is 11.8 Å². The molecule has 24 heavy (non-hydrogen) atoms. The van der Waals surface area contributed by atoms with Gasteiger partial charge < -0.3 is 15.1 Å². The lowest BCUT2D eigenvalue weighted by molar-refractivity contribution is -0.144. The van der Waals surface area contributed by atoms with Gasteiger partial charge in [-0.25, -0.2) is 0 Å². The normalized spacial score (nSPS) is 19.1. The fraction of sp³-hybridized carbons (Fsp3) is 0.556. The van der Waals surface area contributed by atoms with Crippen LogP contribution in [0.4, 0.5) is 5.69 Å². The van der Waals surface area contributed by atoms with Crippen LogP contribution in [0.25, 0.3) is 0 Å². The van der Waals surface area contributed by atoms with Gasteiger partial charge in [-0.05, 0) is 37.5 Å². The number of benzene rings is 1. The van der Waals surface area contributed by atoms with E-state index in [4.69, 9.17) is 11.6 Å². The molecule has 6 heteroatoms. The minimum absolute atomic E-state index is 0.00171. The number of rotatable bonds is 5. The maximum absolute atomic E-state index is 12.8. The summed E-state index contributed by atoms with van der Waals surface area (Å²) in [6, 6.07) is 7.77. The number of hydrogen-bond acceptors (Lipinski definition) is 3. The Morgan fingerprint density at radius 3 is 2.50 bits per heavy atom. The Bertz CT molecular complexity index is 622. The first-order valence-electron chi connectivity index (χ1n) is 8.65. The summed E-state index contributed by atoms with van der Waals surface area (Å²) in [5, 5.41) is 3.60. The third kappa shape index (κ3) is 3.36. The third-order valence-corrected chi connectivity index (χ3v) is 5.10. The van der Waals surface area contributed by atoms with E-state index in [0.717, 1.165) is 30.2 Å². The van der Waals surface area contributed by atoms with Crippen LogP contribution < -0.4 is 10.2 Å². The van der Waals surface area contributed by atoms with Gasteiger partial charge in [0.15, 0.2) is 0 Å². The summed E-state index contributed by atoms with van der Waals surface area (Å²) in [5.41, 5.74) is 0.296. The number of carbonyl (C=O) groups is 2. The number of halogens is 1. The molecule has 130 valence electrons. The lowest BCUT2D eigenvalue weighted by Crippen LogP contribution is -2.53. The van der Waals surface area contributed by atoms with E-state index in [-0.39, 0.29) is 11.8 Å². The maximum Gasteiger partial charge on any atom is 0.238 e. The molecule has 2 fully saturated rings. The number of nitrogens with zero attached hydrogens (tertiary/aromatic N) is 2.